The minimum absolute atomic E-state index is 0.311. The lowest BCUT2D eigenvalue weighted by Crippen LogP contribution is -2.29. The van der Waals surface area contributed by atoms with Gasteiger partial charge in [0.1, 0.15) is 5.60 Å². The quantitative estimate of drug-likeness (QED) is 0.292. The van der Waals surface area contributed by atoms with Gasteiger partial charge in [0, 0.05) is 17.1 Å². The predicted octanol–water partition coefficient (Wildman–Crippen LogP) is 6.33. The molecule has 4 aromatic rings. The van der Waals surface area contributed by atoms with Crippen molar-refractivity contribution in [3.05, 3.63) is 107 Å². The van der Waals surface area contributed by atoms with E-state index in [0.29, 0.717) is 6.61 Å². The highest BCUT2D eigenvalue weighted by Crippen LogP contribution is 2.45. The van der Waals surface area contributed by atoms with Crippen molar-refractivity contribution in [1.29, 1.82) is 0 Å². The highest BCUT2D eigenvalue weighted by atomic mass is 16.5. The Bertz CT molecular complexity index is 1150. The van der Waals surface area contributed by atoms with Crippen molar-refractivity contribution < 1.29 is 4.74 Å². The molecule has 5 rings (SSSR count). The fraction of sp³-hybridized carbons (Fsp3) is 0.310. The number of nitrogens with one attached hydrogen (secondary N) is 2. The Balaban J connectivity index is 1.10. The molecule has 32 heavy (non-hydrogen) atoms. The van der Waals surface area contributed by atoms with Gasteiger partial charge in [0.15, 0.2) is 0 Å². The van der Waals surface area contributed by atoms with E-state index in [1.807, 2.05) is 0 Å². The number of aromatic nitrogens is 1. The lowest BCUT2D eigenvalue weighted by atomic mass is 9.82. The number of para-hydroxylation sites is 1. The van der Waals surface area contributed by atoms with Crippen LogP contribution in [0, 0.1) is 0 Å². The van der Waals surface area contributed by atoms with Crippen molar-refractivity contribution in [2.45, 2.75) is 44.3 Å². The largest absolute Gasteiger partial charge is 0.361 e. The van der Waals surface area contributed by atoms with Gasteiger partial charge in [-0.1, -0.05) is 72.8 Å². The lowest BCUT2D eigenvalue weighted by Gasteiger charge is -2.30. The van der Waals surface area contributed by atoms with Crippen LogP contribution in [0.5, 0.6) is 0 Å². The summed E-state index contributed by atoms with van der Waals surface area (Å²) in [6.07, 6.45) is 7.79. The Kier molecular flexibility index (Phi) is 6.38. The van der Waals surface area contributed by atoms with Crippen molar-refractivity contribution in [3.8, 4) is 0 Å². The third-order valence-corrected chi connectivity index (χ3v) is 6.77. The van der Waals surface area contributed by atoms with Gasteiger partial charge in [0.2, 0.25) is 0 Å². The van der Waals surface area contributed by atoms with Gasteiger partial charge in [-0.25, -0.2) is 0 Å². The molecule has 3 nitrogen and oxygen atoms in total. The van der Waals surface area contributed by atoms with E-state index in [-0.39, 0.29) is 5.60 Å². The summed E-state index contributed by atoms with van der Waals surface area (Å²) in [7, 11) is 0. The maximum atomic E-state index is 6.49. The molecule has 2 heterocycles. The molecular formula is C29H32N2O. The van der Waals surface area contributed by atoms with E-state index in [2.05, 4.69) is 95.4 Å². The fourth-order valence-electron chi connectivity index (χ4n) is 5.11. The van der Waals surface area contributed by atoms with Crippen LogP contribution < -0.4 is 5.32 Å². The maximum absolute atomic E-state index is 6.49. The van der Waals surface area contributed by atoms with E-state index in [1.165, 1.54) is 46.0 Å². The van der Waals surface area contributed by atoms with E-state index in [1.54, 1.807) is 0 Å². The number of hydrogen-bond acceptors (Lipinski definition) is 2. The molecule has 164 valence electrons. The summed E-state index contributed by atoms with van der Waals surface area (Å²) >= 11 is 0. The molecule has 0 aliphatic carbocycles. The maximum Gasteiger partial charge on any atom is 0.119 e. The second-order valence-electron chi connectivity index (χ2n) is 8.81. The molecule has 0 saturated heterocycles. The Labute approximate surface area is 190 Å². The van der Waals surface area contributed by atoms with E-state index in [4.69, 9.17) is 4.74 Å². The average molecular weight is 425 g/mol. The third-order valence-electron chi connectivity index (χ3n) is 6.77. The molecule has 0 spiro atoms. The van der Waals surface area contributed by atoms with Gasteiger partial charge < -0.3 is 15.0 Å². The van der Waals surface area contributed by atoms with E-state index < -0.39 is 0 Å². The Morgan fingerprint density at radius 2 is 1.59 bits per heavy atom. The first-order valence-electron chi connectivity index (χ1n) is 11.9. The molecule has 1 atom stereocenters. The minimum Gasteiger partial charge on any atom is -0.361 e. The molecule has 0 bridgehead atoms. The van der Waals surface area contributed by atoms with Gasteiger partial charge in [0.25, 0.3) is 0 Å². The molecule has 0 saturated carbocycles. The predicted molar refractivity (Wildman–Crippen MR) is 132 cm³/mol. The Morgan fingerprint density at radius 3 is 2.53 bits per heavy atom. The van der Waals surface area contributed by atoms with Crippen LogP contribution in [-0.4, -0.2) is 18.1 Å². The van der Waals surface area contributed by atoms with Crippen LogP contribution in [0.1, 0.15) is 47.9 Å². The molecular weight excluding hydrogens is 392 g/mol. The average Bonchev–Trinajstić information content (AvgIpc) is 3.44. The molecule has 3 aromatic carbocycles. The third kappa shape index (κ3) is 4.23. The van der Waals surface area contributed by atoms with Crippen LogP contribution in [-0.2, 0) is 23.4 Å². The standard InChI is InChI=1S/C29H32N2O/c1-2-13-25(14-3-1)29(27-16-6-4-12-24(27)22-32-29)18-10-20-30-19-9-8-11-23-21-31-28-17-7-5-15-26(23)28/h1-7,12-17,21,30-31H,8-11,18-20,22H2. The molecule has 1 aliphatic rings. The summed E-state index contributed by atoms with van der Waals surface area (Å²) in [5.41, 5.74) is 6.29. The number of benzene rings is 3. The molecule has 1 aromatic heterocycles. The van der Waals surface area contributed by atoms with Gasteiger partial charge in [-0.3, -0.25) is 0 Å². The molecule has 0 radical (unpaired) electrons. The van der Waals surface area contributed by atoms with Crippen LogP contribution in [0.15, 0.2) is 85.1 Å². The van der Waals surface area contributed by atoms with E-state index in [0.717, 1.165) is 32.4 Å². The normalized spacial score (nSPS) is 17.6. The number of fused-ring (bicyclic) bond motifs is 2. The second-order valence-corrected chi connectivity index (χ2v) is 8.81. The summed E-state index contributed by atoms with van der Waals surface area (Å²) in [6.45, 7) is 2.79. The fourth-order valence-corrected chi connectivity index (χ4v) is 5.11. The topological polar surface area (TPSA) is 37.0 Å². The van der Waals surface area contributed by atoms with Gasteiger partial charge >= 0.3 is 0 Å². The molecule has 2 N–H and O–H groups in total. The van der Waals surface area contributed by atoms with Crippen LogP contribution in [0.25, 0.3) is 10.9 Å². The van der Waals surface area contributed by atoms with E-state index in [9.17, 15) is 0 Å². The summed E-state index contributed by atoms with van der Waals surface area (Å²) in [5.74, 6) is 0. The summed E-state index contributed by atoms with van der Waals surface area (Å²) in [5, 5.41) is 5.02. The minimum atomic E-state index is -0.311. The zero-order chi connectivity index (χ0) is 21.6. The van der Waals surface area contributed by atoms with Crippen LogP contribution in [0.4, 0.5) is 0 Å². The molecule has 1 unspecified atom stereocenters. The van der Waals surface area contributed by atoms with Gasteiger partial charge in [-0.05, 0) is 73.5 Å². The second kappa shape index (κ2) is 9.72. The number of hydrogen-bond donors (Lipinski definition) is 2. The zero-order valence-electron chi connectivity index (χ0n) is 18.6. The molecule has 3 heteroatoms. The van der Waals surface area contributed by atoms with Crippen molar-refractivity contribution in [2.75, 3.05) is 13.1 Å². The lowest BCUT2D eigenvalue weighted by molar-refractivity contribution is -0.0129. The number of unbranched alkanes of at least 4 members (excludes halogenated alkanes) is 1. The smallest absolute Gasteiger partial charge is 0.119 e. The van der Waals surface area contributed by atoms with Crippen LogP contribution in [0.3, 0.4) is 0 Å². The molecule has 0 fully saturated rings. The van der Waals surface area contributed by atoms with Crippen LogP contribution in [0.2, 0.25) is 0 Å². The summed E-state index contributed by atoms with van der Waals surface area (Å²) in [6, 6.07) is 28.0. The number of ether oxygens (including phenoxy) is 1. The highest BCUT2D eigenvalue weighted by molar-refractivity contribution is 5.82. The first kappa shape index (κ1) is 21.0. The highest BCUT2D eigenvalue weighted by Gasteiger charge is 2.40. The number of H-pyrrole nitrogens is 1. The number of aryl methyl sites for hydroxylation is 1. The van der Waals surface area contributed by atoms with Crippen molar-refractivity contribution in [3.63, 3.8) is 0 Å². The SMILES string of the molecule is c1ccc(C2(CCCNCCCCc3c[nH]c4ccccc34)OCc3ccccc32)cc1. The first-order chi connectivity index (χ1) is 15.9. The number of aromatic amines is 1. The van der Waals surface area contributed by atoms with Crippen LogP contribution >= 0.6 is 0 Å². The van der Waals surface area contributed by atoms with Crippen molar-refractivity contribution in [2.24, 2.45) is 0 Å². The van der Waals surface area contributed by atoms with Gasteiger partial charge in [-0.2, -0.15) is 0 Å². The molecule has 0 amide bonds. The summed E-state index contributed by atoms with van der Waals surface area (Å²) in [4.78, 5) is 3.38. The molecule has 1 aliphatic heterocycles. The zero-order valence-corrected chi connectivity index (χ0v) is 18.6. The van der Waals surface area contributed by atoms with E-state index >= 15 is 0 Å². The van der Waals surface area contributed by atoms with Gasteiger partial charge in [0.05, 0.1) is 6.61 Å². The Morgan fingerprint density at radius 1 is 0.812 bits per heavy atom. The Hall–Kier alpha value is -2.88. The van der Waals surface area contributed by atoms with Crippen molar-refractivity contribution in [1.82, 2.24) is 10.3 Å². The first-order valence-corrected chi connectivity index (χ1v) is 11.9. The van der Waals surface area contributed by atoms with Crippen molar-refractivity contribution >= 4 is 10.9 Å². The van der Waals surface area contributed by atoms with Gasteiger partial charge in [-0.15, -0.1) is 0 Å². The monoisotopic (exact) mass is 424 g/mol. The number of rotatable bonds is 10. The summed E-state index contributed by atoms with van der Waals surface area (Å²) < 4.78 is 6.49.